The fraction of sp³-hybridized carbons (Fsp3) is 0.0714. The molecule has 0 saturated carbocycles. The Morgan fingerprint density at radius 3 is 3.05 bits per heavy atom. The normalized spacial score (nSPS) is 11.4. The van der Waals surface area contributed by atoms with Crippen molar-refractivity contribution in [2.24, 2.45) is 0 Å². The molecule has 5 nitrogen and oxygen atoms in total. The summed E-state index contributed by atoms with van der Waals surface area (Å²) < 4.78 is 5.69. The summed E-state index contributed by atoms with van der Waals surface area (Å²) in [4.78, 5) is 16.1. The van der Waals surface area contributed by atoms with Gasteiger partial charge in [0.1, 0.15) is 11.2 Å². The largest absolute Gasteiger partial charge is 0.418 e. The Hall–Kier alpha value is -2.69. The molecule has 4 aromatic heterocycles. The minimum absolute atomic E-state index is 0.545. The molecule has 5 heteroatoms. The second-order valence-electron chi connectivity index (χ2n) is 4.44. The van der Waals surface area contributed by atoms with Crippen molar-refractivity contribution in [3.63, 3.8) is 0 Å². The summed E-state index contributed by atoms with van der Waals surface area (Å²) in [5, 5.41) is 1.03. The van der Waals surface area contributed by atoms with E-state index in [1.807, 2.05) is 37.4 Å². The van der Waals surface area contributed by atoms with E-state index in [4.69, 9.17) is 4.42 Å². The lowest BCUT2D eigenvalue weighted by molar-refractivity contribution is 0.606. The standard InChI is InChI=1S/C14H10N4O/c1-8-2-3-11-14(17-8)19-13(18-11)10-6-9-4-5-15-12(9)16-7-10/h2-7H,1H3,(H,15,16). The number of aromatic nitrogens is 4. The van der Waals surface area contributed by atoms with Gasteiger partial charge in [0.05, 0.1) is 5.56 Å². The molecule has 1 N–H and O–H groups in total. The average molecular weight is 250 g/mol. The lowest BCUT2D eigenvalue weighted by Crippen LogP contribution is -1.81. The highest BCUT2D eigenvalue weighted by Crippen LogP contribution is 2.24. The molecule has 19 heavy (non-hydrogen) atoms. The summed E-state index contributed by atoms with van der Waals surface area (Å²) in [6.45, 7) is 1.93. The Balaban J connectivity index is 1.92. The number of nitrogens with one attached hydrogen (secondary N) is 1. The van der Waals surface area contributed by atoms with E-state index in [-0.39, 0.29) is 0 Å². The van der Waals surface area contributed by atoms with Crippen molar-refractivity contribution in [3.8, 4) is 11.5 Å². The molecule has 4 aromatic rings. The number of aryl methyl sites for hydroxylation is 1. The second kappa shape index (κ2) is 3.65. The molecule has 0 spiro atoms. The number of H-pyrrole nitrogens is 1. The number of nitrogens with zero attached hydrogens (tertiary/aromatic N) is 3. The van der Waals surface area contributed by atoms with Gasteiger partial charge in [0, 0.05) is 23.5 Å². The highest BCUT2D eigenvalue weighted by Gasteiger charge is 2.10. The van der Waals surface area contributed by atoms with Crippen molar-refractivity contribution in [2.45, 2.75) is 6.92 Å². The van der Waals surface area contributed by atoms with Crippen molar-refractivity contribution in [2.75, 3.05) is 0 Å². The van der Waals surface area contributed by atoms with Crippen LogP contribution in [0.2, 0.25) is 0 Å². The Kier molecular flexibility index (Phi) is 1.97. The minimum Gasteiger partial charge on any atom is -0.418 e. The molecule has 0 unspecified atom stereocenters. The van der Waals surface area contributed by atoms with E-state index >= 15 is 0 Å². The molecule has 4 rings (SSSR count). The molecule has 0 atom stereocenters. The van der Waals surface area contributed by atoms with Crippen LogP contribution in [0.25, 0.3) is 33.7 Å². The van der Waals surface area contributed by atoms with Gasteiger partial charge >= 0.3 is 0 Å². The van der Waals surface area contributed by atoms with Crippen LogP contribution >= 0.6 is 0 Å². The van der Waals surface area contributed by atoms with Gasteiger partial charge < -0.3 is 9.40 Å². The molecule has 0 aliphatic rings. The number of rotatable bonds is 1. The first-order valence-electron chi connectivity index (χ1n) is 5.97. The van der Waals surface area contributed by atoms with Crippen molar-refractivity contribution >= 4 is 22.3 Å². The first kappa shape index (κ1) is 10.3. The van der Waals surface area contributed by atoms with E-state index in [0.717, 1.165) is 27.8 Å². The first-order chi connectivity index (χ1) is 9.29. The Labute approximate surface area is 108 Å². The summed E-state index contributed by atoms with van der Waals surface area (Å²) in [7, 11) is 0. The number of hydrogen-bond acceptors (Lipinski definition) is 4. The number of oxazole rings is 1. The van der Waals surface area contributed by atoms with Crippen molar-refractivity contribution in [1.29, 1.82) is 0 Å². The van der Waals surface area contributed by atoms with Gasteiger partial charge in [-0.15, -0.1) is 0 Å². The van der Waals surface area contributed by atoms with Gasteiger partial charge in [0.15, 0.2) is 0 Å². The summed E-state index contributed by atoms with van der Waals surface area (Å²) in [5.41, 5.74) is 3.94. The van der Waals surface area contributed by atoms with Crippen LogP contribution in [-0.2, 0) is 0 Å². The van der Waals surface area contributed by atoms with Crippen molar-refractivity contribution in [1.82, 2.24) is 19.9 Å². The highest BCUT2D eigenvalue weighted by molar-refractivity contribution is 5.81. The highest BCUT2D eigenvalue weighted by atomic mass is 16.4. The Morgan fingerprint density at radius 1 is 1.16 bits per heavy atom. The van der Waals surface area contributed by atoms with Gasteiger partial charge in [0.2, 0.25) is 11.6 Å². The van der Waals surface area contributed by atoms with Gasteiger partial charge in [-0.25, -0.2) is 15.0 Å². The SMILES string of the molecule is Cc1ccc2nc(-c3cnc4[nH]ccc4c3)oc2n1. The van der Waals surface area contributed by atoms with Crippen LogP contribution in [0, 0.1) is 6.92 Å². The smallest absolute Gasteiger partial charge is 0.247 e. The molecule has 0 aliphatic carbocycles. The van der Waals surface area contributed by atoms with Crippen LogP contribution < -0.4 is 0 Å². The quantitative estimate of drug-likeness (QED) is 0.563. The Bertz CT molecular complexity index is 891. The zero-order valence-corrected chi connectivity index (χ0v) is 10.2. The predicted octanol–water partition coefficient (Wildman–Crippen LogP) is 3.07. The monoisotopic (exact) mass is 250 g/mol. The van der Waals surface area contributed by atoms with Gasteiger partial charge in [-0.3, -0.25) is 0 Å². The van der Waals surface area contributed by atoms with Gasteiger partial charge in [0.25, 0.3) is 0 Å². The van der Waals surface area contributed by atoms with Crippen LogP contribution in [0.15, 0.2) is 41.1 Å². The summed E-state index contributed by atoms with van der Waals surface area (Å²) in [6.07, 6.45) is 3.61. The zero-order chi connectivity index (χ0) is 12.8. The molecular weight excluding hydrogens is 240 g/mol. The van der Waals surface area contributed by atoms with E-state index in [0.29, 0.717) is 11.6 Å². The topological polar surface area (TPSA) is 67.6 Å². The predicted molar refractivity (Wildman–Crippen MR) is 71.6 cm³/mol. The van der Waals surface area contributed by atoms with Gasteiger partial charge in [-0.2, -0.15) is 0 Å². The van der Waals surface area contributed by atoms with Crippen LogP contribution in [0.5, 0.6) is 0 Å². The molecule has 92 valence electrons. The molecular formula is C14H10N4O. The third-order valence-electron chi connectivity index (χ3n) is 3.04. The second-order valence-corrected chi connectivity index (χ2v) is 4.44. The van der Waals surface area contributed by atoms with Crippen LogP contribution in [-0.4, -0.2) is 19.9 Å². The lowest BCUT2D eigenvalue weighted by atomic mass is 10.2. The molecule has 0 saturated heterocycles. The molecule has 0 aromatic carbocycles. The van der Waals surface area contributed by atoms with Gasteiger partial charge in [-0.05, 0) is 31.2 Å². The Morgan fingerprint density at radius 2 is 2.11 bits per heavy atom. The maximum Gasteiger partial charge on any atom is 0.247 e. The molecule has 4 heterocycles. The van der Waals surface area contributed by atoms with Crippen molar-refractivity contribution in [3.05, 3.63) is 42.4 Å². The maximum absolute atomic E-state index is 5.69. The molecule has 0 bridgehead atoms. The van der Waals surface area contributed by atoms with Crippen LogP contribution in [0.1, 0.15) is 5.69 Å². The number of fused-ring (bicyclic) bond motifs is 2. The van der Waals surface area contributed by atoms with E-state index in [1.165, 1.54) is 0 Å². The van der Waals surface area contributed by atoms with E-state index < -0.39 is 0 Å². The van der Waals surface area contributed by atoms with E-state index in [1.54, 1.807) is 6.20 Å². The van der Waals surface area contributed by atoms with Crippen LogP contribution in [0.3, 0.4) is 0 Å². The average Bonchev–Trinajstić information content (AvgIpc) is 3.02. The van der Waals surface area contributed by atoms with E-state index in [2.05, 4.69) is 19.9 Å². The molecule has 0 fully saturated rings. The molecule has 0 amide bonds. The van der Waals surface area contributed by atoms with Crippen LogP contribution in [0.4, 0.5) is 0 Å². The summed E-state index contributed by atoms with van der Waals surface area (Å²) >= 11 is 0. The minimum atomic E-state index is 0.545. The first-order valence-corrected chi connectivity index (χ1v) is 5.97. The third kappa shape index (κ3) is 1.59. The fourth-order valence-corrected chi connectivity index (χ4v) is 2.09. The fourth-order valence-electron chi connectivity index (χ4n) is 2.09. The maximum atomic E-state index is 5.69. The summed E-state index contributed by atoms with van der Waals surface area (Å²) in [6, 6.07) is 7.79. The van der Waals surface area contributed by atoms with Gasteiger partial charge in [-0.1, -0.05) is 0 Å². The summed E-state index contributed by atoms with van der Waals surface area (Å²) in [5.74, 6) is 0.545. The molecule has 0 aliphatic heterocycles. The number of hydrogen-bond donors (Lipinski definition) is 1. The number of aromatic amines is 1. The molecule has 0 radical (unpaired) electrons. The third-order valence-corrected chi connectivity index (χ3v) is 3.04. The van der Waals surface area contributed by atoms with E-state index in [9.17, 15) is 0 Å². The lowest BCUT2D eigenvalue weighted by Gasteiger charge is -1.94. The number of pyridine rings is 2. The van der Waals surface area contributed by atoms with Crippen molar-refractivity contribution < 1.29 is 4.42 Å². The zero-order valence-electron chi connectivity index (χ0n) is 10.2.